The van der Waals surface area contributed by atoms with Crippen molar-refractivity contribution in [3.8, 4) is 0 Å². The molecule has 0 aliphatic rings. The van der Waals surface area contributed by atoms with Crippen molar-refractivity contribution in [3.63, 3.8) is 0 Å². The summed E-state index contributed by atoms with van der Waals surface area (Å²) in [4.78, 5) is 27.8. The van der Waals surface area contributed by atoms with Crippen molar-refractivity contribution in [2.75, 3.05) is 24.9 Å². The number of carbonyl (C=O) groups excluding carboxylic acids is 2. The van der Waals surface area contributed by atoms with Crippen molar-refractivity contribution in [1.82, 2.24) is 14.5 Å². The minimum Gasteiger partial charge on any atom is -0.352 e. The van der Waals surface area contributed by atoms with Crippen LogP contribution in [-0.2, 0) is 26.3 Å². The van der Waals surface area contributed by atoms with Crippen molar-refractivity contribution in [2.24, 2.45) is 0 Å². The molecule has 0 aliphatic heterocycles. The molecule has 1 atom stereocenters. The molecule has 0 aromatic heterocycles. The van der Waals surface area contributed by atoms with Gasteiger partial charge in [-0.1, -0.05) is 24.3 Å². The van der Waals surface area contributed by atoms with E-state index in [0.717, 1.165) is 14.2 Å². The number of rotatable bonds is 10. The molecule has 8 nitrogen and oxygen atoms in total. The van der Waals surface area contributed by atoms with E-state index in [1.165, 1.54) is 43.3 Å². The summed E-state index contributed by atoms with van der Waals surface area (Å²) in [5.41, 5.74) is 2.51. The number of halogens is 1. The highest BCUT2D eigenvalue weighted by molar-refractivity contribution is 7.90. The van der Waals surface area contributed by atoms with Crippen LogP contribution in [0.25, 0.3) is 0 Å². The molecule has 192 valence electrons. The van der Waals surface area contributed by atoms with Crippen LogP contribution in [0.1, 0.15) is 37.5 Å². The Morgan fingerprint density at radius 1 is 1.00 bits per heavy atom. The van der Waals surface area contributed by atoms with E-state index in [9.17, 15) is 22.4 Å². The van der Waals surface area contributed by atoms with Crippen molar-refractivity contribution < 1.29 is 22.4 Å². The van der Waals surface area contributed by atoms with E-state index in [1.807, 2.05) is 26.8 Å². The molecule has 0 heterocycles. The van der Waals surface area contributed by atoms with Gasteiger partial charge in [0.1, 0.15) is 18.4 Å². The summed E-state index contributed by atoms with van der Waals surface area (Å²) < 4.78 is 42.0. The first-order valence-electron chi connectivity index (χ1n) is 11.4. The molecule has 10 heteroatoms. The summed E-state index contributed by atoms with van der Waals surface area (Å²) in [5, 5.41) is 2.79. The third kappa shape index (κ3) is 7.25. The normalized spacial score (nSPS) is 12.5. The number of benzene rings is 2. The summed E-state index contributed by atoms with van der Waals surface area (Å²) in [6, 6.07) is 9.94. The lowest BCUT2D eigenvalue weighted by molar-refractivity contribution is -0.139. The minimum atomic E-state index is -4.03. The number of nitrogens with zero attached hydrogens (tertiary/aromatic N) is 3. The van der Waals surface area contributed by atoms with Crippen LogP contribution in [-0.4, -0.2) is 62.2 Å². The van der Waals surface area contributed by atoms with Crippen molar-refractivity contribution in [1.29, 1.82) is 0 Å². The topological polar surface area (TPSA) is 90.0 Å². The first kappa shape index (κ1) is 28.3. The molecule has 2 rings (SSSR count). The fraction of sp³-hybridized carbons (Fsp3) is 0.440. The van der Waals surface area contributed by atoms with Crippen LogP contribution < -0.4 is 9.62 Å². The highest BCUT2D eigenvalue weighted by Gasteiger charge is 2.33. The van der Waals surface area contributed by atoms with Crippen LogP contribution in [0.5, 0.6) is 0 Å². The van der Waals surface area contributed by atoms with Crippen LogP contribution in [0, 0.1) is 19.7 Å². The van der Waals surface area contributed by atoms with Gasteiger partial charge in [0, 0.05) is 26.7 Å². The molecule has 35 heavy (non-hydrogen) atoms. The first-order chi connectivity index (χ1) is 16.2. The highest BCUT2D eigenvalue weighted by Crippen LogP contribution is 2.26. The second-order valence-corrected chi connectivity index (χ2v) is 11.1. The fourth-order valence-electron chi connectivity index (χ4n) is 3.46. The van der Waals surface area contributed by atoms with Crippen LogP contribution in [0.15, 0.2) is 42.5 Å². The summed E-state index contributed by atoms with van der Waals surface area (Å²) >= 11 is 0. The molecule has 0 saturated carbocycles. The van der Waals surface area contributed by atoms with E-state index in [-0.39, 0.29) is 18.5 Å². The van der Waals surface area contributed by atoms with E-state index in [1.54, 1.807) is 26.0 Å². The Morgan fingerprint density at radius 3 is 2.14 bits per heavy atom. The number of nitrogens with one attached hydrogen (secondary N) is 1. The first-order valence-corrected chi connectivity index (χ1v) is 12.8. The van der Waals surface area contributed by atoms with E-state index in [2.05, 4.69) is 5.32 Å². The van der Waals surface area contributed by atoms with Gasteiger partial charge in [0.25, 0.3) is 0 Å². The maximum absolute atomic E-state index is 13.6. The van der Waals surface area contributed by atoms with Crippen LogP contribution in [0.4, 0.5) is 10.1 Å². The van der Waals surface area contributed by atoms with Crippen molar-refractivity contribution in [3.05, 3.63) is 65.0 Å². The molecule has 1 N–H and O–H groups in total. The average Bonchev–Trinajstić information content (AvgIpc) is 2.77. The maximum Gasteiger partial charge on any atom is 0.304 e. The maximum atomic E-state index is 13.6. The Hall–Kier alpha value is -2.98. The molecule has 0 spiro atoms. The third-order valence-corrected chi connectivity index (χ3v) is 7.32. The van der Waals surface area contributed by atoms with Gasteiger partial charge in [-0.15, -0.1) is 0 Å². The second kappa shape index (κ2) is 11.6. The molecule has 0 aliphatic carbocycles. The number of aryl methyl sites for hydroxylation is 2. The molecule has 0 bridgehead atoms. The monoisotopic (exact) mass is 506 g/mol. The third-order valence-electron chi connectivity index (χ3n) is 5.52. The summed E-state index contributed by atoms with van der Waals surface area (Å²) in [6.45, 7) is 8.31. The van der Waals surface area contributed by atoms with Gasteiger partial charge in [-0.3, -0.25) is 9.59 Å². The van der Waals surface area contributed by atoms with Gasteiger partial charge in [-0.25, -0.2) is 8.70 Å². The molecule has 2 amide bonds. The van der Waals surface area contributed by atoms with Crippen molar-refractivity contribution >= 4 is 27.7 Å². The second-order valence-electron chi connectivity index (χ2n) is 9.07. The van der Waals surface area contributed by atoms with Gasteiger partial charge in [0.15, 0.2) is 0 Å². The zero-order valence-electron chi connectivity index (χ0n) is 21.4. The summed E-state index contributed by atoms with van der Waals surface area (Å²) in [7, 11) is -1.24. The Balaban J connectivity index is 2.50. The number of carbonyl (C=O) groups is 2. The summed E-state index contributed by atoms with van der Waals surface area (Å²) in [6.07, 6.45) is 0. The zero-order valence-corrected chi connectivity index (χ0v) is 22.2. The van der Waals surface area contributed by atoms with Gasteiger partial charge >= 0.3 is 10.2 Å². The lowest BCUT2D eigenvalue weighted by Crippen LogP contribution is -2.53. The Kier molecular flexibility index (Phi) is 9.39. The molecule has 1 unspecified atom stereocenters. The predicted octanol–water partition coefficient (Wildman–Crippen LogP) is 3.00. The van der Waals surface area contributed by atoms with Crippen LogP contribution in [0.3, 0.4) is 0 Å². The van der Waals surface area contributed by atoms with Crippen molar-refractivity contribution in [2.45, 2.75) is 53.2 Å². The van der Waals surface area contributed by atoms with E-state index < -0.39 is 34.5 Å². The van der Waals surface area contributed by atoms with E-state index >= 15 is 0 Å². The Morgan fingerprint density at radius 2 is 1.60 bits per heavy atom. The smallest absolute Gasteiger partial charge is 0.304 e. The average molecular weight is 507 g/mol. The highest BCUT2D eigenvalue weighted by atomic mass is 32.2. The molecule has 0 saturated heterocycles. The van der Waals surface area contributed by atoms with Gasteiger partial charge in [0.05, 0.1) is 5.69 Å². The molecule has 0 fully saturated rings. The molecule has 2 aromatic rings. The molecular formula is C25H35FN4O4S. The largest absolute Gasteiger partial charge is 0.352 e. The zero-order chi connectivity index (χ0) is 26.5. The van der Waals surface area contributed by atoms with E-state index in [4.69, 9.17) is 0 Å². The van der Waals surface area contributed by atoms with Gasteiger partial charge in [-0.05, 0) is 69.5 Å². The van der Waals surface area contributed by atoms with Gasteiger partial charge in [0.2, 0.25) is 11.8 Å². The van der Waals surface area contributed by atoms with Crippen LogP contribution >= 0.6 is 0 Å². The lowest BCUT2D eigenvalue weighted by atomic mass is 10.1. The number of hydrogen-bond donors (Lipinski definition) is 1. The molecule has 0 radical (unpaired) electrons. The molecule has 2 aromatic carbocycles. The van der Waals surface area contributed by atoms with E-state index in [0.29, 0.717) is 16.8 Å². The van der Waals surface area contributed by atoms with Gasteiger partial charge in [-0.2, -0.15) is 12.7 Å². The fourth-order valence-corrected chi connectivity index (χ4v) is 4.58. The predicted molar refractivity (Wildman–Crippen MR) is 136 cm³/mol. The SMILES string of the molecule is Cc1ccc(C)c(N(CC(=O)N(Cc2ccc(F)cc2)C(C)C(=O)NC(C)C)S(=O)(=O)N(C)C)c1. The molecular weight excluding hydrogens is 471 g/mol. The number of anilines is 1. The van der Waals surface area contributed by atoms with Gasteiger partial charge < -0.3 is 10.2 Å². The Bertz CT molecular complexity index is 1150. The number of amides is 2. The summed E-state index contributed by atoms with van der Waals surface area (Å²) in [5.74, 6) is -1.35. The quantitative estimate of drug-likeness (QED) is 0.537. The standard InChI is InChI=1S/C25H35FN4O4S/c1-17(2)27-25(32)20(5)29(15-21-10-12-22(26)13-11-21)24(31)16-30(35(33,34)28(6)7)23-14-18(3)8-9-19(23)4/h8-14,17,20H,15-16H2,1-7H3,(H,27,32). The minimum absolute atomic E-state index is 0.00838. The number of hydrogen-bond acceptors (Lipinski definition) is 4. The lowest BCUT2D eigenvalue weighted by Gasteiger charge is -2.33. The Labute approximate surface area is 207 Å². The van der Waals surface area contributed by atoms with Crippen LogP contribution in [0.2, 0.25) is 0 Å².